The van der Waals surface area contributed by atoms with E-state index in [0.717, 1.165) is 26.1 Å². The summed E-state index contributed by atoms with van der Waals surface area (Å²) in [6, 6.07) is 0. The lowest BCUT2D eigenvalue weighted by Crippen LogP contribution is -2.62. The highest BCUT2D eigenvalue weighted by molar-refractivity contribution is 5.60. The van der Waals surface area contributed by atoms with E-state index in [4.69, 9.17) is 19.1 Å². The number of unbranched alkanes of at least 4 members (excludes halogenated alkanes) is 22. The van der Waals surface area contributed by atoms with Gasteiger partial charge < -0.3 is 9.47 Å². The molecule has 0 radical (unpaired) electrons. The number of carbonyl (C=O) groups is 1. The predicted octanol–water partition coefficient (Wildman–Crippen LogP) is 14.4. The van der Waals surface area contributed by atoms with Crippen LogP contribution in [0.15, 0.2) is 0 Å². The Morgan fingerprint density at radius 2 is 0.630 bits per heavy atom. The third-order valence-corrected chi connectivity index (χ3v) is 12.1. The van der Waals surface area contributed by atoms with Crippen LogP contribution in [0.4, 0.5) is 4.79 Å². The Kier molecular flexibility index (Phi) is 23.9. The van der Waals surface area contributed by atoms with Gasteiger partial charge in [-0.3, -0.25) is 9.68 Å². The summed E-state index contributed by atoms with van der Waals surface area (Å²) in [5.74, 6) is 0. The molecule has 0 atom stereocenters. The average molecular weight is 765 g/mol. The maximum Gasteiger partial charge on any atom is 0.508 e. The molecule has 2 heterocycles. The summed E-state index contributed by atoms with van der Waals surface area (Å²) in [6.45, 7) is 23.7. The van der Waals surface area contributed by atoms with Gasteiger partial charge in [-0.1, -0.05) is 155 Å². The minimum atomic E-state index is -0.542. The molecule has 0 amide bonds. The lowest BCUT2D eigenvalue weighted by atomic mass is 9.80. The second-order valence-corrected chi connectivity index (χ2v) is 19.8. The number of nitrogens with zero attached hydrogens (tertiary/aromatic N) is 2. The van der Waals surface area contributed by atoms with E-state index in [9.17, 15) is 4.79 Å². The van der Waals surface area contributed by atoms with Crippen molar-refractivity contribution >= 4 is 6.16 Å². The number of rotatable bonds is 30. The molecule has 0 aromatic carbocycles. The molecule has 0 saturated carbocycles. The van der Waals surface area contributed by atoms with Gasteiger partial charge >= 0.3 is 6.16 Å². The van der Waals surface area contributed by atoms with Gasteiger partial charge in [-0.2, -0.15) is 10.1 Å². The normalized spacial score (nSPS) is 20.3. The first-order chi connectivity index (χ1) is 25.6. The third-order valence-electron chi connectivity index (χ3n) is 12.1. The molecule has 7 nitrogen and oxygen atoms in total. The van der Waals surface area contributed by atoms with Crippen molar-refractivity contribution < 1.29 is 23.9 Å². The number of ether oxygens (including phenoxy) is 2. The van der Waals surface area contributed by atoms with E-state index < -0.39 is 6.16 Å². The van der Waals surface area contributed by atoms with Crippen LogP contribution in [-0.4, -0.2) is 63.9 Å². The molecule has 0 N–H and O–H groups in total. The van der Waals surface area contributed by atoms with E-state index in [-0.39, 0.29) is 34.4 Å². The summed E-state index contributed by atoms with van der Waals surface area (Å²) < 4.78 is 12.1. The van der Waals surface area contributed by atoms with E-state index in [2.05, 4.69) is 79.4 Å². The van der Waals surface area contributed by atoms with E-state index in [0.29, 0.717) is 25.7 Å². The van der Waals surface area contributed by atoms with Crippen molar-refractivity contribution in [3.8, 4) is 0 Å². The lowest BCUT2D eigenvalue weighted by molar-refractivity contribution is -0.296. The highest BCUT2D eigenvalue weighted by Crippen LogP contribution is 2.42. The third kappa shape index (κ3) is 19.5. The second-order valence-electron chi connectivity index (χ2n) is 19.8. The Labute approximate surface area is 336 Å². The van der Waals surface area contributed by atoms with Crippen molar-refractivity contribution in [2.45, 2.75) is 283 Å². The molecule has 0 spiro atoms. The zero-order valence-corrected chi connectivity index (χ0v) is 37.8. The highest BCUT2D eigenvalue weighted by Gasteiger charge is 2.50. The topological polar surface area (TPSA) is 60.5 Å². The number of piperidine rings is 2. The fourth-order valence-corrected chi connectivity index (χ4v) is 9.71. The van der Waals surface area contributed by atoms with Gasteiger partial charge in [0.15, 0.2) is 0 Å². The maximum absolute atomic E-state index is 13.3. The molecule has 0 aromatic heterocycles. The molecule has 0 aromatic rings. The van der Waals surface area contributed by atoms with Crippen molar-refractivity contribution in [3.05, 3.63) is 0 Å². The molecular formula is C47H92N2O5. The van der Waals surface area contributed by atoms with Crippen LogP contribution in [0.3, 0.4) is 0 Å². The summed E-state index contributed by atoms with van der Waals surface area (Å²) in [5.41, 5.74) is -1.04. The van der Waals surface area contributed by atoms with Crippen LogP contribution in [0, 0.1) is 0 Å². The van der Waals surface area contributed by atoms with Gasteiger partial charge in [0.25, 0.3) is 0 Å². The first-order valence-electron chi connectivity index (χ1n) is 23.4. The zero-order valence-electron chi connectivity index (χ0n) is 37.8. The smallest absolute Gasteiger partial charge is 0.431 e. The van der Waals surface area contributed by atoms with Crippen LogP contribution < -0.4 is 0 Å². The van der Waals surface area contributed by atoms with Gasteiger partial charge in [0, 0.05) is 47.8 Å². The Hall–Kier alpha value is -0.890. The van der Waals surface area contributed by atoms with Crippen LogP contribution in [0.1, 0.15) is 249 Å². The molecule has 0 unspecified atom stereocenters. The van der Waals surface area contributed by atoms with Crippen molar-refractivity contribution in [3.63, 3.8) is 0 Å². The molecule has 54 heavy (non-hydrogen) atoms. The van der Waals surface area contributed by atoms with Gasteiger partial charge in [-0.05, 0) is 68.2 Å². The number of hydroxylamine groups is 4. The molecule has 2 aliphatic heterocycles. The summed E-state index contributed by atoms with van der Waals surface area (Å²) in [4.78, 5) is 26.2. The van der Waals surface area contributed by atoms with Gasteiger partial charge in [0.2, 0.25) is 0 Å². The largest absolute Gasteiger partial charge is 0.508 e. The predicted molar refractivity (Wildman–Crippen MR) is 228 cm³/mol. The number of carbonyl (C=O) groups excluding carboxylic acids is 1. The molecule has 2 aliphatic rings. The first kappa shape index (κ1) is 49.3. The quantitative estimate of drug-likeness (QED) is 0.0533. The lowest BCUT2D eigenvalue weighted by Gasteiger charge is -2.54. The standard InChI is InChI=1S/C47H92N2O5/c1-11-13-15-17-19-21-23-25-27-29-31-33-35-51-48-44(3,4)37-41(38-45(48,5)6)53-43(50)54-42-39-46(7,8)49(47(9,10)40-42)52-36-34-32-30-28-26-24-22-20-18-16-14-12-2/h41-42H,11-40H2,1-10H3. The van der Waals surface area contributed by atoms with Crippen molar-refractivity contribution in [2.24, 2.45) is 0 Å². The average Bonchev–Trinajstić information content (AvgIpc) is 3.06. The molecule has 0 aliphatic carbocycles. The van der Waals surface area contributed by atoms with Crippen LogP contribution in [0.2, 0.25) is 0 Å². The number of hydrogen-bond donors (Lipinski definition) is 0. The Balaban J connectivity index is 1.66. The summed E-state index contributed by atoms with van der Waals surface area (Å²) in [5, 5.41) is 4.36. The van der Waals surface area contributed by atoms with Gasteiger partial charge in [-0.15, -0.1) is 0 Å². The summed E-state index contributed by atoms with van der Waals surface area (Å²) in [7, 11) is 0. The molecule has 2 saturated heterocycles. The fourth-order valence-electron chi connectivity index (χ4n) is 9.71. The number of hydrogen-bond acceptors (Lipinski definition) is 7. The zero-order chi connectivity index (χ0) is 39.9. The molecule has 320 valence electrons. The summed E-state index contributed by atoms with van der Waals surface area (Å²) in [6.07, 6.45) is 34.0. The summed E-state index contributed by atoms with van der Waals surface area (Å²) >= 11 is 0. The minimum absolute atomic E-state index is 0.214. The SMILES string of the molecule is CCCCCCCCCCCCCCON1C(C)(C)CC(OC(=O)OC2CC(C)(C)N(OCCCCCCCCCCCCCC)C(C)(C)C2)CC1(C)C. The van der Waals surface area contributed by atoms with Gasteiger partial charge in [-0.25, -0.2) is 4.79 Å². The Bertz CT molecular complexity index is 856. The van der Waals surface area contributed by atoms with Crippen LogP contribution >= 0.6 is 0 Å². The molecule has 7 heteroatoms. The Morgan fingerprint density at radius 3 is 0.870 bits per heavy atom. The van der Waals surface area contributed by atoms with Gasteiger partial charge in [0.1, 0.15) is 12.2 Å². The van der Waals surface area contributed by atoms with Crippen molar-refractivity contribution in [2.75, 3.05) is 13.2 Å². The van der Waals surface area contributed by atoms with Crippen molar-refractivity contribution in [1.29, 1.82) is 0 Å². The highest BCUT2D eigenvalue weighted by atomic mass is 16.7. The Morgan fingerprint density at radius 1 is 0.407 bits per heavy atom. The van der Waals surface area contributed by atoms with Crippen LogP contribution in [0.25, 0.3) is 0 Å². The maximum atomic E-state index is 13.3. The molecule has 0 bridgehead atoms. The first-order valence-corrected chi connectivity index (χ1v) is 23.4. The van der Waals surface area contributed by atoms with E-state index in [1.54, 1.807) is 0 Å². The van der Waals surface area contributed by atoms with E-state index in [1.807, 2.05) is 0 Å². The van der Waals surface area contributed by atoms with Gasteiger partial charge in [0.05, 0.1) is 13.2 Å². The molecule has 2 fully saturated rings. The van der Waals surface area contributed by atoms with Crippen LogP contribution in [-0.2, 0) is 19.1 Å². The van der Waals surface area contributed by atoms with E-state index in [1.165, 1.54) is 141 Å². The molecule has 2 rings (SSSR count). The monoisotopic (exact) mass is 765 g/mol. The van der Waals surface area contributed by atoms with Crippen LogP contribution in [0.5, 0.6) is 0 Å². The second kappa shape index (κ2) is 26.2. The van der Waals surface area contributed by atoms with Crippen molar-refractivity contribution in [1.82, 2.24) is 10.1 Å². The van der Waals surface area contributed by atoms with E-state index >= 15 is 0 Å². The fraction of sp³-hybridized carbons (Fsp3) is 0.979. The molecular weight excluding hydrogens is 673 g/mol. The minimum Gasteiger partial charge on any atom is -0.431 e.